The Hall–Kier alpha value is -1.12. The zero-order valence-corrected chi connectivity index (χ0v) is 13.0. The van der Waals surface area contributed by atoms with Gasteiger partial charge in [-0.2, -0.15) is 0 Å². The number of hydrogen-bond acceptors (Lipinski definition) is 3. The largest absolute Gasteiger partial charge is 0.385 e. The molecule has 1 aromatic carbocycles. The van der Waals surface area contributed by atoms with Crippen molar-refractivity contribution in [2.24, 2.45) is 0 Å². The second-order valence-electron chi connectivity index (χ2n) is 5.37. The lowest BCUT2D eigenvalue weighted by atomic mass is 10.1. The topological polar surface area (TPSA) is 38.7 Å². The first kappa shape index (κ1) is 15.9. The molecule has 0 bridgehead atoms. The van der Waals surface area contributed by atoms with Crippen molar-refractivity contribution in [1.82, 2.24) is 0 Å². The monoisotopic (exact) mass is 278 g/mol. The van der Waals surface area contributed by atoms with Crippen LogP contribution >= 0.6 is 0 Å². The minimum absolute atomic E-state index is 0.120. The van der Waals surface area contributed by atoms with Crippen molar-refractivity contribution in [1.29, 1.82) is 0 Å². The highest BCUT2D eigenvalue weighted by Gasteiger charge is 2.20. The summed E-state index contributed by atoms with van der Waals surface area (Å²) >= 11 is 0. The van der Waals surface area contributed by atoms with Gasteiger partial charge in [-0.05, 0) is 5.56 Å². The number of methoxy groups -OCH3 is 1. The first-order chi connectivity index (χ1) is 8.94. The molecule has 104 valence electrons. The molecule has 0 saturated carbocycles. The van der Waals surface area contributed by atoms with Crippen LogP contribution < -0.4 is 0 Å². The number of aliphatic hydroxyl groups is 1. The van der Waals surface area contributed by atoms with E-state index < -0.39 is 20.3 Å². The molecule has 3 nitrogen and oxygen atoms in total. The van der Waals surface area contributed by atoms with E-state index in [0.717, 1.165) is 5.56 Å². The lowest BCUT2D eigenvalue weighted by molar-refractivity contribution is -0.0904. The number of benzene rings is 1. The Morgan fingerprint density at radius 2 is 1.84 bits per heavy atom. The van der Waals surface area contributed by atoms with Crippen molar-refractivity contribution in [2.75, 3.05) is 13.9 Å². The minimum atomic E-state index is -1.50. The maximum Gasteiger partial charge on any atom is 0.150 e. The average molecular weight is 278 g/mol. The van der Waals surface area contributed by atoms with Gasteiger partial charge >= 0.3 is 0 Å². The summed E-state index contributed by atoms with van der Waals surface area (Å²) in [6.07, 6.45) is -1.32. The van der Waals surface area contributed by atoms with Crippen molar-refractivity contribution in [3.05, 3.63) is 35.9 Å². The van der Waals surface area contributed by atoms with E-state index in [2.05, 4.69) is 31.1 Å². The first-order valence-electron chi connectivity index (χ1n) is 6.30. The number of hydrogen-bond donors (Lipinski definition) is 1. The second-order valence-corrected chi connectivity index (χ2v) is 10.1. The van der Waals surface area contributed by atoms with Gasteiger partial charge in [0.2, 0.25) is 0 Å². The van der Waals surface area contributed by atoms with Gasteiger partial charge in [-0.3, -0.25) is 0 Å². The standard InChI is InChI=1S/C15H22O3Si/c1-17-12-18-14(10-11-19(2,3)4)15(16)13-8-6-5-7-9-13/h5-9,14-16H,12H2,1-4H3/t14-,15-/m1/s1. The molecule has 0 unspecified atom stereocenters. The molecule has 2 atom stereocenters. The Labute approximate surface area is 116 Å². The van der Waals surface area contributed by atoms with Crippen LogP contribution in [0.5, 0.6) is 0 Å². The van der Waals surface area contributed by atoms with Gasteiger partial charge in [0.05, 0.1) is 0 Å². The maximum atomic E-state index is 10.3. The van der Waals surface area contributed by atoms with Crippen LogP contribution in [-0.4, -0.2) is 33.2 Å². The summed E-state index contributed by atoms with van der Waals surface area (Å²) in [4.78, 5) is 0. The van der Waals surface area contributed by atoms with Crippen LogP contribution in [0.3, 0.4) is 0 Å². The van der Waals surface area contributed by atoms with Gasteiger partial charge in [-0.15, -0.1) is 5.54 Å². The fourth-order valence-corrected chi connectivity index (χ4v) is 2.04. The molecule has 0 aliphatic heterocycles. The highest BCUT2D eigenvalue weighted by Crippen LogP contribution is 2.18. The van der Waals surface area contributed by atoms with Crippen LogP contribution in [0.4, 0.5) is 0 Å². The zero-order valence-electron chi connectivity index (χ0n) is 12.0. The van der Waals surface area contributed by atoms with Crippen molar-refractivity contribution < 1.29 is 14.6 Å². The Kier molecular flexibility index (Phi) is 6.26. The Morgan fingerprint density at radius 1 is 1.21 bits per heavy atom. The number of rotatable bonds is 5. The van der Waals surface area contributed by atoms with Gasteiger partial charge in [0.1, 0.15) is 27.1 Å². The third kappa shape index (κ3) is 6.04. The molecule has 1 aromatic rings. The van der Waals surface area contributed by atoms with E-state index in [-0.39, 0.29) is 6.79 Å². The number of ether oxygens (including phenoxy) is 2. The van der Waals surface area contributed by atoms with E-state index in [9.17, 15) is 5.11 Å². The molecule has 0 fully saturated rings. The summed E-state index contributed by atoms with van der Waals surface area (Å²) in [5, 5.41) is 10.3. The van der Waals surface area contributed by atoms with Gasteiger partial charge in [-0.25, -0.2) is 0 Å². The molecule has 0 aliphatic rings. The molecule has 0 heterocycles. The molecule has 0 aliphatic carbocycles. The molecule has 1 rings (SSSR count). The fourth-order valence-electron chi connectivity index (χ4n) is 1.47. The quantitative estimate of drug-likeness (QED) is 0.511. The average Bonchev–Trinajstić information content (AvgIpc) is 2.38. The van der Waals surface area contributed by atoms with Crippen LogP contribution in [0.2, 0.25) is 19.6 Å². The lowest BCUT2D eigenvalue weighted by Crippen LogP contribution is -2.24. The van der Waals surface area contributed by atoms with E-state index >= 15 is 0 Å². The highest BCUT2D eigenvalue weighted by atomic mass is 28.3. The fraction of sp³-hybridized carbons (Fsp3) is 0.467. The minimum Gasteiger partial charge on any atom is -0.385 e. The normalized spacial score (nSPS) is 14.4. The molecule has 0 amide bonds. The van der Waals surface area contributed by atoms with Gasteiger partial charge in [0.25, 0.3) is 0 Å². The summed E-state index contributed by atoms with van der Waals surface area (Å²) in [6.45, 7) is 6.59. The zero-order chi connectivity index (χ0) is 14.3. The summed E-state index contributed by atoms with van der Waals surface area (Å²) in [5.41, 5.74) is 4.03. The third-order valence-corrected chi connectivity index (χ3v) is 3.28. The summed E-state index contributed by atoms with van der Waals surface area (Å²) < 4.78 is 10.4. The molecule has 0 saturated heterocycles. The van der Waals surface area contributed by atoms with Crippen LogP contribution in [0.25, 0.3) is 0 Å². The first-order valence-corrected chi connectivity index (χ1v) is 9.80. The predicted molar refractivity (Wildman–Crippen MR) is 79.3 cm³/mol. The van der Waals surface area contributed by atoms with E-state index in [1.165, 1.54) is 0 Å². The number of aliphatic hydroxyl groups excluding tert-OH is 1. The van der Waals surface area contributed by atoms with Gasteiger partial charge < -0.3 is 14.6 Å². The lowest BCUT2D eigenvalue weighted by Gasteiger charge is -2.19. The van der Waals surface area contributed by atoms with E-state index in [4.69, 9.17) is 9.47 Å². The maximum absolute atomic E-state index is 10.3. The van der Waals surface area contributed by atoms with Gasteiger partial charge in [-0.1, -0.05) is 55.9 Å². The SMILES string of the molecule is COCO[C@H](C#C[Si](C)(C)C)[C@H](O)c1ccccc1. The summed E-state index contributed by atoms with van der Waals surface area (Å²) in [7, 11) is 0.0544. The van der Waals surface area contributed by atoms with E-state index in [1.807, 2.05) is 30.3 Å². The molecule has 0 radical (unpaired) electrons. The predicted octanol–water partition coefficient (Wildman–Crippen LogP) is 2.59. The van der Waals surface area contributed by atoms with E-state index in [0.29, 0.717) is 0 Å². The van der Waals surface area contributed by atoms with Crippen LogP contribution in [-0.2, 0) is 9.47 Å². The van der Waals surface area contributed by atoms with Crippen molar-refractivity contribution >= 4 is 8.07 Å². The van der Waals surface area contributed by atoms with E-state index in [1.54, 1.807) is 7.11 Å². The van der Waals surface area contributed by atoms with Crippen LogP contribution in [0.1, 0.15) is 11.7 Å². The van der Waals surface area contributed by atoms with Gasteiger partial charge in [0.15, 0.2) is 0 Å². The second kappa shape index (κ2) is 7.46. The van der Waals surface area contributed by atoms with Gasteiger partial charge in [0, 0.05) is 7.11 Å². The molecule has 0 spiro atoms. The van der Waals surface area contributed by atoms with Crippen molar-refractivity contribution in [2.45, 2.75) is 31.8 Å². The molecule has 19 heavy (non-hydrogen) atoms. The summed E-state index contributed by atoms with van der Waals surface area (Å²) in [6, 6.07) is 9.42. The smallest absolute Gasteiger partial charge is 0.150 e. The Balaban J connectivity index is 2.86. The van der Waals surface area contributed by atoms with Crippen molar-refractivity contribution in [3.63, 3.8) is 0 Å². The molecule has 4 heteroatoms. The molecular weight excluding hydrogens is 256 g/mol. The Bertz CT molecular complexity index is 428. The highest BCUT2D eigenvalue weighted by molar-refractivity contribution is 6.83. The third-order valence-electron chi connectivity index (χ3n) is 2.38. The van der Waals surface area contributed by atoms with Crippen molar-refractivity contribution in [3.8, 4) is 11.5 Å². The van der Waals surface area contributed by atoms with Crippen LogP contribution in [0, 0.1) is 11.5 Å². The molecular formula is C15H22O3Si. The molecule has 0 aromatic heterocycles. The Morgan fingerprint density at radius 3 is 2.37 bits per heavy atom. The molecule has 1 N–H and O–H groups in total. The summed E-state index contributed by atoms with van der Waals surface area (Å²) in [5.74, 6) is 3.05. The van der Waals surface area contributed by atoms with Crippen LogP contribution in [0.15, 0.2) is 30.3 Å².